The number of aromatic nitrogens is 2. The first-order chi connectivity index (χ1) is 8.40. The molecule has 0 fully saturated rings. The van der Waals surface area contributed by atoms with Gasteiger partial charge in [-0.05, 0) is 30.8 Å². The summed E-state index contributed by atoms with van der Waals surface area (Å²) in [4.78, 5) is 7.79. The average molecular weight is 249 g/mol. The van der Waals surface area contributed by atoms with Crippen molar-refractivity contribution in [3.05, 3.63) is 28.8 Å². The lowest BCUT2D eigenvalue weighted by Gasteiger charge is -1.98. The van der Waals surface area contributed by atoms with Gasteiger partial charge in [0.1, 0.15) is 5.82 Å². The maximum absolute atomic E-state index is 5.46. The molecular weight excluding hydrogens is 230 g/mol. The Morgan fingerprint density at radius 3 is 2.88 bits per heavy atom. The Bertz CT molecular complexity index is 420. The number of nitrogens with zero attached hydrogens (tertiary/aromatic N) is 1. The zero-order chi connectivity index (χ0) is 11.9. The maximum Gasteiger partial charge on any atom is 0.106 e. The van der Waals surface area contributed by atoms with Crippen molar-refractivity contribution in [1.29, 1.82) is 0 Å². The van der Waals surface area contributed by atoms with Gasteiger partial charge in [0, 0.05) is 17.4 Å². The zero-order valence-electron chi connectivity index (χ0n) is 9.98. The molecule has 0 saturated carbocycles. The monoisotopic (exact) mass is 249 g/mol. The van der Waals surface area contributed by atoms with E-state index in [1.165, 1.54) is 24.8 Å². The lowest BCUT2D eigenvalue weighted by atomic mass is 10.1. The van der Waals surface area contributed by atoms with Gasteiger partial charge in [-0.3, -0.25) is 0 Å². The van der Waals surface area contributed by atoms with E-state index >= 15 is 0 Å². The first-order valence-corrected chi connectivity index (χ1v) is 7.11. The highest BCUT2D eigenvalue weighted by Crippen LogP contribution is 2.20. The second kappa shape index (κ2) is 6.57. The van der Waals surface area contributed by atoms with Crippen LogP contribution in [0.3, 0.4) is 0 Å². The van der Waals surface area contributed by atoms with Crippen molar-refractivity contribution in [3.63, 3.8) is 0 Å². The summed E-state index contributed by atoms with van der Waals surface area (Å²) in [5.74, 6) is 1.10. The zero-order valence-corrected chi connectivity index (χ0v) is 10.8. The van der Waals surface area contributed by atoms with Crippen molar-refractivity contribution >= 4 is 11.3 Å². The molecule has 0 aliphatic carbocycles. The fourth-order valence-corrected chi connectivity index (χ4v) is 2.50. The van der Waals surface area contributed by atoms with Gasteiger partial charge in [-0.25, -0.2) is 4.98 Å². The van der Waals surface area contributed by atoms with Crippen molar-refractivity contribution in [3.8, 4) is 11.3 Å². The molecule has 0 unspecified atom stereocenters. The molecule has 17 heavy (non-hydrogen) atoms. The third-order valence-electron chi connectivity index (χ3n) is 2.83. The summed E-state index contributed by atoms with van der Waals surface area (Å²) >= 11 is 1.71. The molecule has 0 saturated heterocycles. The molecule has 3 nitrogen and oxygen atoms in total. The molecule has 0 aliphatic heterocycles. The van der Waals surface area contributed by atoms with E-state index in [1.54, 1.807) is 11.3 Å². The summed E-state index contributed by atoms with van der Waals surface area (Å²) in [7, 11) is 0. The summed E-state index contributed by atoms with van der Waals surface area (Å²) in [6.45, 7) is 0.809. The number of aromatic amines is 1. The van der Waals surface area contributed by atoms with Gasteiger partial charge in [0.05, 0.1) is 11.9 Å². The van der Waals surface area contributed by atoms with Gasteiger partial charge in [0.25, 0.3) is 0 Å². The normalized spacial score (nSPS) is 10.9. The Balaban J connectivity index is 1.79. The van der Waals surface area contributed by atoms with E-state index in [0.717, 1.165) is 30.9 Å². The first kappa shape index (κ1) is 12.3. The summed E-state index contributed by atoms with van der Waals surface area (Å²) in [5, 5.41) is 4.22. The predicted octanol–water partition coefficient (Wildman–Crippen LogP) is 3.20. The largest absolute Gasteiger partial charge is 0.342 e. The Hall–Kier alpha value is -1.13. The molecule has 0 aromatic carbocycles. The number of thiophene rings is 1. The van der Waals surface area contributed by atoms with E-state index in [4.69, 9.17) is 5.73 Å². The highest BCUT2D eigenvalue weighted by Gasteiger charge is 2.03. The van der Waals surface area contributed by atoms with Crippen LogP contribution >= 0.6 is 11.3 Å². The quantitative estimate of drug-likeness (QED) is 0.740. The van der Waals surface area contributed by atoms with Crippen LogP contribution in [-0.2, 0) is 6.42 Å². The number of hydrogen-bond acceptors (Lipinski definition) is 3. The Kier molecular flexibility index (Phi) is 4.76. The number of unbranched alkanes of at least 4 members (excludes halogenated alkanes) is 3. The van der Waals surface area contributed by atoms with Crippen LogP contribution in [0.1, 0.15) is 31.5 Å². The molecule has 2 heterocycles. The Labute approximate surface area is 106 Å². The molecule has 2 rings (SSSR count). The SMILES string of the molecule is NCCCCCCc1ncc(-c2ccsc2)[nH]1. The van der Waals surface area contributed by atoms with Crippen molar-refractivity contribution < 1.29 is 0 Å². The van der Waals surface area contributed by atoms with Crippen molar-refractivity contribution in [2.24, 2.45) is 5.73 Å². The van der Waals surface area contributed by atoms with Gasteiger partial charge in [0.15, 0.2) is 0 Å². The van der Waals surface area contributed by atoms with Crippen LogP contribution in [0.5, 0.6) is 0 Å². The molecule has 0 bridgehead atoms. The number of nitrogens with one attached hydrogen (secondary N) is 1. The molecule has 0 amide bonds. The van der Waals surface area contributed by atoms with E-state index in [9.17, 15) is 0 Å². The van der Waals surface area contributed by atoms with Crippen LogP contribution in [0, 0.1) is 0 Å². The molecular formula is C13H19N3S. The summed E-state index contributed by atoms with van der Waals surface area (Å²) < 4.78 is 0. The highest BCUT2D eigenvalue weighted by atomic mass is 32.1. The summed E-state index contributed by atoms with van der Waals surface area (Å²) in [6.07, 6.45) is 7.77. The van der Waals surface area contributed by atoms with Crippen LogP contribution in [-0.4, -0.2) is 16.5 Å². The molecule has 0 spiro atoms. The van der Waals surface area contributed by atoms with E-state index in [-0.39, 0.29) is 0 Å². The molecule has 4 heteroatoms. The van der Waals surface area contributed by atoms with Gasteiger partial charge >= 0.3 is 0 Å². The molecule has 2 aromatic heterocycles. The van der Waals surface area contributed by atoms with Crippen LogP contribution in [0.15, 0.2) is 23.0 Å². The van der Waals surface area contributed by atoms with Crippen molar-refractivity contribution in [2.75, 3.05) is 6.54 Å². The second-order valence-electron chi connectivity index (χ2n) is 4.21. The van der Waals surface area contributed by atoms with Gasteiger partial charge in [-0.2, -0.15) is 11.3 Å². The van der Waals surface area contributed by atoms with Crippen LogP contribution in [0.4, 0.5) is 0 Å². The number of H-pyrrole nitrogens is 1. The fourth-order valence-electron chi connectivity index (χ4n) is 1.84. The van der Waals surface area contributed by atoms with Crippen molar-refractivity contribution in [1.82, 2.24) is 9.97 Å². The minimum Gasteiger partial charge on any atom is -0.342 e. The highest BCUT2D eigenvalue weighted by molar-refractivity contribution is 7.08. The summed E-state index contributed by atoms with van der Waals surface area (Å²) in [6, 6.07) is 2.11. The van der Waals surface area contributed by atoms with Crippen molar-refractivity contribution in [2.45, 2.75) is 32.1 Å². The molecule has 3 N–H and O–H groups in total. The third kappa shape index (κ3) is 3.68. The third-order valence-corrected chi connectivity index (χ3v) is 3.51. The average Bonchev–Trinajstić information content (AvgIpc) is 2.99. The van der Waals surface area contributed by atoms with E-state index in [0.29, 0.717) is 0 Å². The van der Waals surface area contributed by atoms with E-state index in [2.05, 4.69) is 26.8 Å². The molecule has 2 aromatic rings. The summed E-state index contributed by atoms with van der Waals surface area (Å²) in [5.41, 5.74) is 7.82. The number of aryl methyl sites for hydroxylation is 1. The number of hydrogen-bond donors (Lipinski definition) is 2. The molecule has 0 radical (unpaired) electrons. The number of rotatable bonds is 7. The van der Waals surface area contributed by atoms with Gasteiger partial charge in [-0.15, -0.1) is 0 Å². The Morgan fingerprint density at radius 2 is 2.12 bits per heavy atom. The number of nitrogens with two attached hydrogens (primary N) is 1. The smallest absolute Gasteiger partial charge is 0.106 e. The number of imidazole rings is 1. The molecule has 0 atom stereocenters. The van der Waals surface area contributed by atoms with Crippen LogP contribution in [0.25, 0.3) is 11.3 Å². The maximum atomic E-state index is 5.46. The Morgan fingerprint density at radius 1 is 1.24 bits per heavy atom. The van der Waals surface area contributed by atoms with E-state index < -0.39 is 0 Å². The van der Waals surface area contributed by atoms with Gasteiger partial charge in [-0.1, -0.05) is 12.8 Å². The minimum atomic E-state index is 0.809. The fraction of sp³-hybridized carbons (Fsp3) is 0.462. The lowest BCUT2D eigenvalue weighted by molar-refractivity contribution is 0.638. The topological polar surface area (TPSA) is 54.7 Å². The lowest BCUT2D eigenvalue weighted by Crippen LogP contribution is -1.98. The molecule has 92 valence electrons. The van der Waals surface area contributed by atoms with Crippen LogP contribution < -0.4 is 5.73 Å². The molecule has 0 aliphatic rings. The van der Waals surface area contributed by atoms with Gasteiger partial charge < -0.3 is 10.7 Å². The van der Waals surface area contributed by atoms with Gasteiger partial charge in [0.2, 0.25) is 0 Å². The first-order valence-electron chi connectivity index (χ1n) is 6.16. The minimum absolute atomic E-state index is 0.809. The van der Waals surface area contributed by atoms with Crippen LogP contribution in [0.2, 0.25) is 0 Å². The second-order valence-corrected chi connectivity index (χ2v) is 4.99. The standard InChI is InChI=1S/C13H19N3S/c14-7-4-2-1-3-5-13-15-9-12(16-13)11-6-8-17-10-11/h6,8-10H,1-5,7,14H2,(H,15,16). The van der Waals surface area contributed by atoms with E-state index in [1.807, 2.05) is 6.20 Å². The predicted molar refractivity (Wildman–Crippen MR) is 73.1 cm³/mol.